The molecular weight excluding hydrogens is 266 g/mol. The second kappa shape index (κ2) is 6.31. The fourth-order valence-electron chi connectivity index (χ4n) is 1.44. The summed E-state index contributed by atoms with van der Waals surface area (Å²) < 4.78 is 26.6. The predicted molar refractivity (Wildman–Crippen MR) is 70.8 cm³/mol. The van der Waals surface area contributed by atoms with Crippen LogP contribution in [0.15, 0.2) is 29.2 Å². The summed E-state index contributed by atoms with van der Waals surface area (Å²) in [5, 5.41) is 10.8. The molecule has 0 bridgehead atoms. The van der Waals surface area contributed by atoms with Crippen molar-refractivity contribution in [1.82, 2.24) is 4.72 Å². The Labute approximate surface area is 112 Å². The van der Waals surface area contributed by atoms with Crippen molar-refractivity contribution in [3.8, 4) is 6.07 Å². The Bertz CT molecular complexity index is 603. The molecule has 6 nitrogen and oxygen atoms in total. The highest BCUT2D eigenvalue weighted by Gasteiger charge is 2.19. The number of hydrogen-bond acceptors (Lipinski definition) is 4. The molecule has 0 aliphatic rings. The standard InChI is InChI=1S/C12H15N3O3S/c1-9(2)15-19(17,18)11-6-4-3-5-10(11)14-12(16)7-8-13/h3-6,9,15H,7H2,1-2H3,(H,14,16). The molecule has 0 aliphatic heterocycles. The number of nitrogens with zero attached hydrogens (tertiary/aromatic N) is 1. The maximum absolute atomic E-state index is 12.1. The summed E-state index contributed by atoms with van der Waals surface area (Å²) in [6.07, 6.45) is -0.327. The fraction of sp³-hybridized carbons (Fsp3) is 0.333. The van der Waals surface area contributed by atoms with Gasteiger partial charge in [-0.3, -0.25) is 4.79 Å². The van der Waals surface area contributed by atoms with Gasteiger partial charge in [0, 0.05) is 6.04 Å². The third-order valence-corrected chi connectivity index (χ3v) is 3.80. The Kier molecular flexibility index (Phi) is 5.03. The van der Waals surface area contributed by atoms with Crippen LogP contribution in [-0.2, 0) is 14.8 Å². The third kappa shape index (κ3) is 4.35. The summed E-state index contributed by atoms with van der Waals surface area (Å²) >= 11 is 0. The number of carbonyl (C=O) groups is 1. The monoisotopic (exact) mass is 281 g/mol. The highest BCUT2D eigenvalue weighted by atomic mass is 32.2. The van der Waals surface area contributed by atoms with Gasteiger partial charge in [-0.25, -0.2) is 13.1 Å². The summed E-state index contributed by atoms with van der Waals surface area (Å²) in [7, 11) is -3.70. The molecule has 1 amide bonds. The average Bonchev–Trinajstić information content (AvgIpc) is 2.28. The number of carbonyl (C=O) groups excluding carboxylic acids is 1. The molecule has 102 valence electrons. The normalized spacial score (nSPS) is 11.1. The number of nitrogens with one attached hydrogen (secondary N) is 2. The van der Waals surface area contributed by atoms with Crippen LogP contribution in [0.25, 0.3) is 0 Å². The molecule has 0 unspecified atom stereocenters. The number of sulfonamides is 1. The Morgan fingerprint density at radius 3 is 2.58 bits per heavy atom. The van der Waals surface area contributed by atoms with Gasteiger partial charge in [-0.1, -0.05) is 12.1 Å². The molecule has 0 saturated carbocycles. The van der Waals surface area contributed by atoms with Crippen molar-refractivity contribution in [2.45, 2.75) is 31.2 Å². The molecule has 0 aromatic heterocycles. The van der Waals surface area contributed by atoms with E-state index < -0.39 is 15.9 Å². The molecular formula is C12H15N3O3S. The maximum Gasteiger partial charge on any atom is 0.242 e. The van der Waals surface area contributed by atoms with Crippen molar-refractivity contribution in [3.63, 3.8) is 0 Å². The average molecular weight is 281 g/mol. The zero-order valence-electron chi connectivity index (χ0n) is 10.7. The van der Waals surface area contributed by atoms with E-state index >= 15 is 0 Å². The van der Waals surface area contributed by atoms with Crippen LogP contribution in [-0.4, -0.2) is 20.4 Å². The van der Waals surface area contributed by atoms with Gasteiger partial charge in [-0.2, -0.15) is 5.26 Å². The maximum atomic E-state index is 12.1. The smallest absolute Gasteiger partial charge is 0.242 e. The number of benzene rings is 1. The lowest BCUT2D eigenvalue weighted by Crippen LogP contribution is -2.31. The van der Waals surface area contributed by atoms with Crippen LogP contribution in [0.1, 0.15) is 20.3 Å². The Balaban J connectivity index is 3.10. The van der Waals surface area contributed by atoms with Crippen LogP contribution < -0.4 is 10.0 Å². The molecule has 1 aromatic carbocycles. The van der Waals surface area contributed by atoms with Crippen molar-refractivity contribution >= 4 is 21.6 Å². The van der Waals surface area contributed by atoms with Gasteiger partial charge in [0.1, 0.15) is 11.3 Å². The number of amides is 1. The molecule has 2 N–H and O–H groups in total. The SMILES string of the molecule is CC(C)NS(=O)(=O)c1ccccc1NC(=O)CC#N. The van der Waals surface area contributed by atoms with Gasteiger partial charge in [0.25, 0.3) is 0 Å². The lowest BCUT2D eigenvalue weighted by atomic mass is 10.3. The first-order chi connectivity index (χ1) is 8.86. The van der Waals surface area contributed by atoms with E-state index in [2.05, 4.69) is 10.0 Å². The largest absolute Gasteiger partial charge is 0.324 e. The van der Waals surface area contributed by atoms with E-state index in [4.69, 9.17) is 5.26 Å². The Morgan fingerprint density at radius 1 is 1.37 bits per heavy atom. The van der Waals surface area contributed by atoms with E-state index in [-0.39, 0.29) is 23.0 Å². The van der Waals surface area contributed by atoms with E-state index in [1.807, 2.05) is 0 Å². The molecule has 0 saturated heterocycles. The van der Waals surface area contributed by atoms with E-state index in [1.165, 1.54) is 12.1 Å². The van der Waals surface area contributed by atoms with Crippen molar-refractivity contribution in [2.24, 2.45) is 0 Å². The molecule has 0 aliphatic carbocycles. The number of hydrogen-bond donors (Lipinski definition) is 2. The first kappa shape index (κ1) is 15.1. The molecule has 1 rings (SSSR count). The highest BCUT2D eigenvalue weighted by molar-refractivity contribution is 7.89. The van der Waals surface area contributed by atoms with Crippen LogP contribution in [0.2, 0.25) is 0 Å². The summed E-state index contributed by atoms with van der Waals surface area (Å²) in [4.78, 5) is 11.3. The Hall–Kier alpha value is -1.91. The summed E-state index contributed by atoms with van der Waals surface area (Å²) in [5.41, 5.74) is 0.163. The minimum absolute atomic E-state index is 0.0185. The molecule has 1 aromatic rings. The zero-order chi connectivity index (χ0) is 14.5. The molecule has 0 atom stereocenters. The number of nitriles is 1. The van der Waals surface area contributed by atoms with Crippen LogP contribution in [0.3, 0.4) is 0 Å². The summed E-state index contributed by atoms with van der Waals surface area (Å²) in [6.45, 7) is 3.41. The van der Waals surface area contributed by atoms with Crippen LogP contribution in [0.5, 0.6) is 0 Å². The van der Waals surface area contributed by atoms with Gasteiger partial charge in [0.05, 0.1) is 11.8 Å². The minimum Gasteiger partial charge on any atom is -0.324 e. The van der Waals surface area contributed by atoms with E-state index in [1.54, 1.807) is 32.0 Å². The van der Waals surface area contributed by atoms with E-state index in [0.29, 0.717) is 0 Å². The number of anilines is 1. The quantitative estimate of drug-likeness (QED) is 0.847. The van der Waals surface area contributed by atoms with Gasteiger partial charge < -0.3 is 5.32 Å². The lowest BCUT2D eigenvalue weighted by molar-refractivity contribution is -0.115. The molecule has 19 heavy (non-hydrogen) atoms. The van der Waals surface area contributed by atoms with Crippen LogP contribution in [0, 0.1) is 11.3 Å². The predicted octanol–water partition coefficient (Wildman–Crippen LogP) is 1.23. The lowest BCUT2D eigenvalue weighted by Gasteiger charge is -2.13. The zero-order valence-corrected chi connectivity index (χ0v) is 11.5. The molecule has 7 heteroatoms. The first-order valence-electron chi connectivity index (χ1n) is 5.65. The van der Waals surface area contributed by atoms with Gasteiger partial charge in [0.2, 0.25) is 15.9 Å². The van der Waals surface area contributed by atoms with Gasteiger partial charge in [-0.15, -0.1) is 0 Å². The second-order valence-electron chi connectivity index (χ2n) is 4.16. The fourth-order valence-corrected chi connectivity index (χ4v) is 2.86. The molecule has 0 radical (unpaired) electrons. The van der Waals surface area contributed by atoms with Crippen LogP contribution >= 0.6 is 0 Å². The minimum atomic E-state index is -3.70. The van der Waals surface area contributed by atoms with Crippen LogP contribution in [0.4, 0.5) is 5.69 Å². The molecule has 0 heterocycles. The van der Waals surface area contributed by atoms with Crippen molar-refractivity contribution in [3.05, 3.63) is 24.3 Å². The summed E-state index contributed by atoms with van der Waals surface area (Å²) in [5.74, 6) is -0.547. The third-order valence-electron chi connectivity index (χ3n) is 2.08. The van der Waals surface area contributed by atoms with E-state index in [9.17, 15) is 13.2 Å². The number of rotatable bonds is 5. The first-order valence-corrected chi connectivity index (χ1v) is 7.13. The van der Waals surface area contributed by atoms with Crippen molar-refractivity contribution < 1.29 is 13.2 Å². The van der Waals surface area contributed by atoms with Crippen molar-refractivity contribution in [1.29, 1.82) is 5.26 Å². The van der Waals surface area contributed by atoms with Gasteiger partial charge in [-0.05, 0) is 26.0 Å². The van der Waals surface area contributed by atoms with Gasteiger partial charge >= 0.3 is 0 Å². The Morgan fingerprint density at radius 2 is 2.00 bits per heavy atom. The number of para-hydroxylation sites is 1. The topological polar surface area (TPSA) is 99.1 Å². The second-order valence-corrected chi connectivity index (χ2v) is 5.84. The van der Waals surface area contributed by atoms with Gasteiger partial charge in [0.15, 0.2) is 0 Å². The summed E-state index contributed by atoms with van der Waals surface area (Å²) in [6, 6.07) is 7.49. The molecule has 0 fully saturated rings. The van der Waals surface area contributed by atoms with Crippen molar-refractivity contribution in [2.75, 3.05) is 5.32 Å². The van der Waals surface area contributed by atoms with E-state index in [0.717, 1.165) is 0 Å². The highest BCUT2D eigenvalue weighted by Crippen LogP contribution is 2.21. The molecule has 0 spiro atoms.